The summed E-state index contributed by atoms with van der Waals surface area (Å²) in [6.07, 6.45) is 0. The van der Waals surface area contributed by atoms with E-state index in [-0.39, 0.29) is 11.4 Å². The van der Waals surface area contributed by atoms with Crippen LogP contribution < -0.4 is 5.73 Å². The summed E-state index contributed by atoms with van der Waals surface area (Å²) in [7, 11) is 1.73. The van der Waals surface area contributed by atoms with Gasteiger partial charge in [0, 0.05) is 13.6 Å². The van der Waals surface area contributed by atoms with Crippen LogP contribution in [0.5, 0.6) is 0 Å². The highest BCUT2D eigenvalue weighted by Gasteiger charge is 2.18. The Morgan fingerprint density at radius 3 is 2.40 bits per heavy atom. The largest absolute Gasteiger partial charge is 0.327 e. The van der Waals surface area contributed by atoms with Gasteiger partial charge in [-0.1, -0.05) is 18.2 Å². The second kappa shape index (κ2) is 4.68. The molecule has 0 fully saturated rings. The SMILES string of the molecule is Cn1c(-c2c(F)cccc2F)nc2c(CN)cccc21. The van der Waals surface area contributed by atoms with Crippen LogP contribution in [0.3, 0.4) is 0 Å². The smallest absolute Gasteiger partial charge is 0.146 e. The predicted octanol–water partition coefficient (Wildman–Crippen LogP) is 2.98. The number of rotatable bonds is 2. The van der Waals surface area contributed by atoms with Crippen molar-refractivity contribution in [3.05, 3.63) is 53.6 Å². The molecule has 0 aliphatic heterocycles. The molecule has 0 radical (unpaired) electrons. The summed E-state index contributed by atoms with van der Waals surface area (Å²) in [6, 6.07) is 9.35. The fraction of sp³-hybridized carbons (Fsp3) is 0.133. The zero-order valence-corrected chi connectivity index (χ0v) is 10.9. The monoisotopic (exact) mass is 273 g/mol. The van der Waals surface area contributed by atoms with Gasteiger partial charge in [0.1, 0.15) is 17.5 Å². The van der Waals surface area contributed by atoms with Crippen LogP contribution in [0, 0.1) is 11.6 Å². The highest BCUT2D eigenvalue weighted by Crippen LogP contribution is 2.29. The van der Waals surface area contributed by atoms with Crippen LogP contribution in [0.2, 0.25) is 0 Å². The molecule has 5 heteroatoms. The van der Waals surface area contributed by atoms with Gasteiger partial charge in [0.2, 0.25) is 0 Å². The molecule has 3 aromatic rings. The molecule has 2 aromatic carbocycles. The standard InChI is InChI=1S/C15H13F2N3/c1-20-12-7-2-4-9(8-18)14(12)19-15(20)13-10(16)5-3-6-11(13)17/h2-7H,8,18H2,1H3. The van der Waals surface area contributed by atoms with Gasteiger partial charge in [-0.3, -0.25) is 0 Å². The van der Waals surface area contributed by atoms with Gasteiger partial charge >= 0.3 is 0 Å². The number of imidazole rings is 1. The molecule has 0 aliphatic rings. The van der Waals surface area contributed by atoms with E-state index in [1.807, 2.05) is 18.2 Å². The first kappa shape index (κ1) is 12.7. The quantitative estimate of drug-likeness (QED) is 0.780. The van der Waals surface area contributed by atoms with Gasteiger partial charge in [0.05, 0.1) is 16.6 Å². The normalized spacial score (nSPS) is 11.2. The maximum absolute atomic E-state index is 13.9. The molecule has 1 heterocycles. The zero-order valence-electron chi connectivity index (χ0n) is 10.9. The maximum atomic E-state index is 13.9. The van der Waals surface area contributed by atoms with Crippen LogP contribution in [0.25, 0.3) is 22.4 Å². The first-order chi connectivity index (χ1) is 9.63. The van der Waals surface area contributed by atoms with Gasteiger partial charge in [0.25, 0.3) is 0 Å². The van der Waals surface area contributed by atoms with E-state index in [1.54, 1.807) is 11.6 Å². The predicted molar refractivity (Wildman–Crippen MR) is 74.0 cm³/mol. The number of aromatic nitrogens is 2. The van der Waals surface area contributed by atoms with E-state index in [0.29, 0.717) is 12.1 Å². The number of hydrogen-bond donors (Lipinski definition) is 1. The van der Waals surface area contributed by atoms with Gasteiger partial charge in [-0.05, 0) is 23.8 Å². The van der Waals surface area contributed by atoms with Crippen molar-refractivity contribution < 1.29 is 8.78 Å². The molecule has 2 N–H and O–H groups in total. The van der Waals surface area contributed by atoms with Crippen molar-refractivity contribution in [1.29, 1.82) is 0 Å². The van der Waals surface area contributed by atoms with Crippen LogP contribution in [-0.2, 0) is 13.6 Å². The molecular formula is C15H13F2N3. The number of aryl methyl sites for hydroxylation is 1. The average Bonchev–Trinajstić information content (AvgIpc) is 2.76. The van der Waals surface area contributed by atoms with E-state index < -0.39 is 11.6 Å². The third kappa shape index (κ3) is 1.78. The lowest BCUT2D eigenvalue weighted by atomic mass is 10.2. The fourth-order valence-electron chi connectivity index (χ4n) is 2.37. The van der Waals surface area contributed by atoms with Crippen molar-refractivity contribution in [2.45, 2.75) is 6.54 Å². The molecule has 0 atom stereocenters. The number of nitrogens with two attached hydrogens (primary N) is 1. The highest BCUT2D eigenvalue weighted by atomic mass is 19.1. The second-order valence-corrected chi connectivity index (χ2v) is 4.58. The van der Waals surface area contributed by atoms with Crippen molar-refractivity contribution in [2.24, 2.45) is 12.8 Å². The lowest BCUT2D eigenvalue weighted by Crippen LogP contribution is -1.97. The van der Waals surface area contributed by atoms with Crippen LogP contribution in [-0.4, -0.2) is 9.55 Å². The summed E-state index contributed by atoms with van der Waals surface area (Å²) in [4.78, 5) is 4.38. The third-order valence-electron chi connectivity index (χ3n) is 3.40. The Morgan fingerprint density at radius 2 is 1.75 bits per heavy atom. The molecule has 0 saturated heterocycles. The fourth-order valence-corrected chi connectivity index (χ4v) is 2.37. The van der Waals surface area contributed by atoms with Crippen LogP contribution >= 0.6 is 0 Å². The molecule has 3 rings (SSSR count). The number of hydrogen-bond acceptors (Lipinski definition) is 2. The molecule has 0 unspecified atom stereocenters. The molecule has 0 bridgehead atoms. The highest BCUT2D eigenvalue weighted by molar-refractivity contribution is 5.83. The lowest BCUT2D eigenvalue weighted by molar-refractivity contribution is 0.586. The summed E-state index contributed by atoms with van der Waals surface area (Å²) in [5.74, 6) is -0.994. The number of halogens is 2. The van der Waals surface area contributed by atoms with E-state index in [4.69, 9.17) is 5.73 Å². The Balaban J connectivity index is 2.36. The Labute approximate surface area is 114 Å². The first-order valence-corrected chi connectivity index (χ1v) is 6.22. The summed E-state index contributed by atoms with van der Waals surface area (Å²) < 4.78 is 29.5. The minimum absolute atomic E-state index is 0.117. The zero-order chi connectivity index (χ0) is 14.3. The molecule has 0 spiro atoms. The Morgan fingerprint density at radius 1 is 1.10 bits per heavy atom. The number of benzene rings is 2. The summed E-state index contributed by atoms with van der Waals surface area (Å²) in [5.41, 5.74) is 7.88. The summed E-state index contributed by atoms with van der Waals surface area (Å²) >= 11 is 0. The van der Waals surface area contributed by atoms with E-state index in [1.165, 1.54) is 18.2 Å². The summed E-state index contributed by atoms with van der Waals surface area (Å²) in [6.45, 7) is 0.327. The molecule has 20 heavy (non-hydrogen) atoms. The molecule has 1 aromatic heterocycles. The molecule has 0 saturated carbocycles. The minimum atomic E-state index is -0.627. The molecule has 0 aliphatic carbocycles. The Hall–Kier alpha value is -2.27. The van der Waals surface area contributed by atoms with E-state index in [0.717, 1.165) is 11.1 Å². The van der Waals surface area contributed by atoms with Gasteiger partial charge in [0.15, 0.2) is 0 Å². The van der Waals surface area contributed by atoms with Crippen molar-refractivity contribution in [2.75, 3.05) is 0 Å². The number of para-hydroxylation sites is 1. The summed E-state index contributed by atoms with van der Waals surface area (Å²) in [5, 5.41) is 0. The molecule has 3 nitrogen and oxygen atoms in total. The molecule has 102 valence electrons. The third-order valence-corrected chi connectivity index (χ3v) is 3.40. The topological polar surface area (TPSA) is 43.8 Å². The molecular weight excluding hydrogens is 260 g/mol. The van der Waals surface area contributed by atoms with Crippen molar-refractivity contribution in [3.8, 4) is 11.4 Å². The first-order valence-electron chi connectivity index (χ1n) is 6.22. The van der Waals surface area contributed by atoms with Gasteiger partial charge in [-0.2, -0.15) is 0 Å². The van der Waals surface area contributed by atoms with E-state index in [9.17, 15) is 8.78 Å². The van der Waals surface area contributed by atoms with Gasteiger partial charge in [-0.25, -0.2) is 13.8 Å². The van der Waals surface area contributed by atoms with Crippen molar-refractivity contribution in [1.82, 2.24) is 9.55 Å². The minimum Gasteiger partial charge on any atom is -0.327 e. The van der Waals surface area contributed by atoms with Crippen molar-refractivity contribution in [3.63, 3.8) is 0 Å². The Bertz CT molecular complexity index is 773. The van der Waals surface area contributed by atoms with Gasteiger partial charge in [-0.15, -0.1) is 0 Å². The van der Waals surface area contributed by atoms with E-state index >= 15 is 0 Å². The van der Waals surface area contributed by atoms with Crippen LogP contribution in [0.1, 0.15) is 5.56 Å². The molecule has 0 amide bonds. The van der Waals surface area contributed by atoms with Crippen LogP contribution in [0.4, 0.5) is 8.78 Å². The Kier molecular flexibility index (Phi) is 2.99. The average molecular weight is 273 g/mol. The number of nitrogens with zero attached hydrogens (tertiary/aromatic N) is 2. The van der Waals surface area contributed by atoms with Gasteiger partial charge < -0.3 is 10.3 Å². The van der Waals surface area contributed by atoms with Crippen molar-refractivity contribution >= 4 is 11.0 Å². The number of fused-ring (bicyclic) bond motifs is 1. The van der Waals surface area contributed by atoms with E-state index in [2.05, 4.69) is 4.98 Å². The lowest BCUT2D eigenvalue weighted by Gasteiger charge is -2.05. The maximum Gasteiger partial charge on any atom is 0.146 e. The second-order valence-electron chi connectivity index (χ2n) is 4.58. The van der Waals surface area contributed by atoms with Crippen LogP contribution in [0.15, 0.2) is 36.4 Å².